The first-order valence-electron chi connectivity index (χ1n) is 9.22. The van der Waals surface area contributed by atoms with Crippen LogP contribution in [0.5, 0.6) is 0 Å². The fraction of sp³-hybridized carbons (Fsp3) is 0.600. The van der Waals surface area contributed by atoms with Crippen LogP contribution in [0.25, 0.3) is 0 Å². The third kappa shape index (κ3) is 4.40. The van der Waals surface area contributed by atoms with E-state index in [2.05, 4.69) is 17.0 Å². The van der Waals surface area contributed by atoms with Gasteiger partial charge in [-0.15, -0.1) is 0 Å². The first-order valence-corrected chi connectivity index (χ1v) is 9.22. The first kappa shape index (κ1) is 17.9. The predicted octanol–water partition coefficient (Wildman–Crippen LogP) is 1.98. The number of carbonyl (C=O) groups is 2. The zero-order valence-corrected chi connectivity index (χ0v) is 15.4. The van der Waals surface area contributed by atoms with Gasteiger partial charge in [-0.1, -0.05) is 30.3 Å². The van der Waals surface area contributed by atoms with Gasteiger partial charge in [-0.2, -0.15) is 0 Å². The fourth-order valence-corrected chi connectivity index (χ4v) is 4.16. The van der Waals surface area contributed by atoms with Gasteiger partial charge < -0.3 is 9.80 Å². The third-order valence-corrected chi connectivity index (χ3v) is 5.56. The summed E-state index contributed by atoms with van der Waals surface area (Å²) < 4.78 is 0. The molecule has 2 fully saturated rings. The molecule has 2 saturated heterocycles. The highest BCUT2D eigenvalue weighted by atomic mass is 16.2. The Hall–Kier alpha value is -1.88. The van der Waals surface area contributed by atoms with Crippen LogP contribution in [0.4, 0.5) is 0 Å². The van der Waals surface area contributed by atoms with Gasteiger partial charge in [0.25, 0.3) is 0 Å². The molecule has 25 heavy (non-hydrogen) atoms. The minimum absolute atomic E-state index is 0.146. The fourth-order valence-electron chi connectivity index (χ4n) is 4.16. The van der Waals surface area contributed by atoms with Crippen LogP contribution in [0.1, 0.15) is 31.2 Å². The lowest BCUT2D eigenvalue weighted by atomic mass is 9.73. The Bertz CT molecular complexity index is 617. The number of amides is 2. The summed E-state index contributed by atoms with van der Waals surface area (Å²) in [5.74, 6) is 0.418. The average molecular weight is 343 g/mol. The molecule has 0 radical (unpaired) electrons. The average Bonchev–Trinajstić information content (AvgIpc) is 2.59. The van der Waals surface area contributed by atoms with Gasteiger partial charge in [0, 0.05) is 45.6 Å². The van der Waals surface area contributed by atoms with E-state index >= 15 is 0 Å². The molecule has 2 aliphatic rings. The maximum atomic E-state index is 12.4. The van der Waals surface area contributed by atoms with Crippen molar-refractivity contribution in [2.24, 2.45) is 5.41 Å². The molecule has 2 heterocycles. The molecule has 0 aliphatic carbocycles. The lowest BCUT2D eigenvalue weighted by Crippen LogP contribution is -2.54. The van der Waals surface area contributed by atoms with E-state index in [9.17, 15) is 9.59 Å². The first-order chi connectivity index (χ1) is 12.0. The molecule has 5 heteroatoms. The van der Waals surface area contributed by atoms with E-state index in [1.165, 1.54) is 5.56 Å². The van der Waals surface area contributed by atoms with Crippen molar-refractivity contribution in [3.8, 4) is 0 Å². The molecule has 2 aliphatic heterocycles. The second-order valence-corrected chi connectivity index (χ2v) is 7.84. The van der Waals surface area contributed by atoms with E-state index < -0.39 is 0 Å². The molecule has 2 amide bonds. The molecule has 0 aromatic heterocycles. The van der Waals surface area contributed by atoms with E-state index in [1.807, 2.05) is 37.2 Å². The largest absolute Gasteiger partial charge is 0.348 e. The summed E-state index contributed by atoms with van der Waals surface area (Å²) in [5.41, 5.74) is 1.33. The molecule has 136 valence electrons. The standard InChI is InChI=1S/C20H29N3O2/c1-21(2)19(25)14-22-12-6-10-20(15-22)11-9-18(24)23(16-20)13-17-7-4-3-5-8-17/h3-5,7-8H,6,9-16H2,1-2H3/t20-/m1/s1. The number of benzene rings is 1. The third-order valence-electron chi connectivity index (χ3n) is 5.56. The molecule has 0 bridgehead atoms. The summed E-state index contributed by atoms with van der Waals surface area (Å²) >= 11 is 0. The maximum Gasteiger partial charge on any atom is 0.236 e. The van der Waals surface area contributed by atoms with Crippen LogP contribution in [0, 0.1) is 5.41 Å². The molecule has 1 aromatic carbocycles. The summed E-state index contributed by atoms with van der Waals surface area (Å²) in [6.45, 7) is 3.89. The van der Waals surface area contributed by atoms with Crippen LogP contribution in [-0.2, 0) is 16.1 Å². The molecule has 3 rings (SSSR count). The Balaban J connectivity index is 1.66. The molecule has 0 N–H and O–H groups in total. The summed E-state index contributed by atoms with van der Waals surface area (Å²) in [5, 5.41) is 0. The Morgan fingerprint density at radius 2 is 1.92 bits per heavy atom. The van der Waals surface area contributed by atoms with Gasteiger partial charge >= 0.3 is 0 Å². The van der Waals surface area contributed by atoms with E-state index in [-0.39, 0.29) is 17.2 Å². The maximum absolute atomic E-state index is 12.4. The Labute approximate surface area is 150 Å². The van der Waals surface area contributed by atoms with Crippen LogP contribution in [0.3, 0.4) is 0 Å². The lowest BCUT2D eigenvalue weighted by molar-refractivity contribution is -0.141. The van der Waals surface area contributed by atoms with Gasteiger partial charge in [0.05, 0.1) is 6.54 Å². The number of hydrogen-bond acceptors (Lipinski definition) is 3. The van der Waals surface area contributed by atoms with Crippen molar-refractivity contribution in [1.82, 2.24) is 14.7 Å². The van der Waals surface area contributed by atoms with Gasteiger partial charge in [0.1, 0.15) is 0 Å². The van der Waals surface area contributed by atoms with Crippen molar-refractivity contribution in [3.63, 3.8) is 0 Å². The molecule has 1 atom stereocenters. The molecule has 1 aromatic rings. The SMILES string of the molecule is CN(C)C(=O)CN1CCC[C@@]2(CCC(=O)N(Cc3ccccc3)C2)C1. The molecule has 0 unspecified atom stereocenters. The van der Waals surface area contributed by atoms with Crippen molar-refractivity contribution >= 4 is 11.8 Å². The summed E-state index contributed by atoms with van der Waals surface area (Å²) in [4.78, 5) is 30.4. The van der Waals surface area contributed by atoms with Crippen LogP contribution in [0.15, 0.2) is 30.3 Å². The quantitative estimate of drug-likeness (QED) is 0.840. The highest BCUT2D eigenvalue weighted by Gasteiger charge is 2.41. The Morgan fingerprint density at radius 3 is 2.64 bits per heavy atom. The van der Waals surface area contributed by atoms with Crippen LogP contribution in [0.2, 0.25) is 0 Å². The predicted molar refractivity (Wildman–Crippen MR) is 97.9 cm³/mol. The second-order valence-electron chi connectivity index (χ2n) is 7.84. The number of likely N-dealkylation sites (N-methyl/N-ethyl adjacent to an activating group) is 1. The monoisotopic (exact) mass is 343 g/mol. The smallest absolute Gasteiger partial charge is 0.236 e. The highest BCUT2D eigenvalue weighted by Crippen LogP contribution is 2.39. The zero-order valence-electron chi connectivity index (χ0n) is 15.4. The lowest BCUT2D eigenvalue weighted by Gasteiger charge is -2.48. The van der Waals surface area contributed by atoms with Crippen molar-refractivity contribution in [3.05, 3.63) is 35.9 Å². The molecular weight excluding hydrogens is 314 g/mol. The van der Waals surface area contributed by atoms with Crippen molar-refractivity contribution in [1.29, 1.82) is 0 Å². The minimum Gasteiger partial charge on any atom is -0.348 e. The summed E-state index contributed by atoms with van der Waals surface area (Å²) in [7, 11) is 3.62. The Morgan fingerprint density at radius 1 is 1.16 bits per heavy atom. The van der Waals surface area contributed by atoms with Gasteiger partial charge in [-0.3, -0.25) is 14.5 Å². The van der Waals surface area contributed by atoms with Crippen LogP contribution < -0.4 is 0 Å². The second kappa shape index (κ2) is 7.56. The number of hydrogen-bond donors (Lipinski definition) is 0. The number of carbonyl (C=O) groups excluding carboxylic acids is 2. The molecule has 5 nitrogen and oxygen atoms in total. The van der Waals surface area contributed by atoms with E-state index in [0.29, 0.717) is 19.5 Å². The van der Waals surface area contributed by atoms with Crippen LogP contribution in [-0.4, -0.2) is 66.8 Å². The molecule has 1 spiro atoms. The number of likely N-dealkylation sites (tertiary alicyclic amines) is 2. The van der Waals surface area contributed by atoms with Gasteiger partial charge in [0.2, 0.25) is 11.8 Å². The minimum atomic E-state index is 0.146. The Kier molecular flexibility index (Phi) is 5.42. The van der Waals surface area contributed by atoms with Crippen molar-refractivity contribution in [2.75, 3.05) is 40.3 Å². The summed E-state index contributed by atoms with van der Waals surface area (Å²) in [6.07, 6.45) is 3.83. The number of nitrogens with zero attached hydrogens (tertiary/aromatic N) is 3. The van der Waals surface area contributed by atoms with Crippen molar-refractivity contribution in [2.45, 2.75) is 32.2 Å². The molecular formula is C20H29N3O2. The molecule has 0 saturated carbocycles. The van der Waals surface area contributed by atoms with E-state index in [4.69, 9.17) is 0 Å². The van der Waals surface area contributed by atoms with E-state index in [0.717, 1.165) is 38.9 Å². The topological polar surface area (TPSA) is 43.9 Å². The van der Waals surface area contributed by atoms with Gasteiger partial charge in [-0.25, -0.2) is 0 Å². The normalized spacial score (nSPS) is 24.6. The highest BCUT2D eigenvalue weighted by molar-refractivity contribution is 5.78. The number of piperidine rings is 2. The van der Waals surface area contributed by atoms with Gasteiger partial charge in [0.15, 0.2) is 0 Å². The van der Waals surface area contributed by atoms with E-state index in [1.54, 1.807) is 4.90 Å². The van der Waals surface area contributed by atoms with Gasteiger partial charge in [-0.05, 0) is 31.4 Å². The number of rotatable bonds is 4. The summed E-state index contributed by atoms with van der Waals surface area (Å²) in [6, 6.07) is 10.2. The van der Waals surface area contributed by atoms with Crippen LogP contribution >= 0.6 is 0 Å². The van der Waals surface area contributed by atoms with Crippen molar-refractivity contribution < 1.29 is 9.59 Å². The zero-order chi connectivity index (χ0) is 17.9.